The van der Waals surface area contributed by atoms with Crippen LogP contribution < -0.4 is 0 Å². The molecule has 0 rings (SSSR count). The molecule has 0 heterocycles. The van der Waals surface area contributed by atoms with Crippen molar-refractivity contribution in [3.63, 3.8) is 0 Å². The van der Waals surface area contributed by atoms with E-state index in [4.69, 9.17) is 40.8 Å². The van der Waals surface area contributed by atoms with Crippen LogP contribution in [0.1, 0.15) is 26.7 Å². The summed E-state index contributed by atoms with van der Waals surface area (Å²) in [6.07, 6.45) is 10.8. The summed E-state index contributed by atoms with van der Waals surface area (Å²) in [7, 11) is 0. The van der Waals surface area contributed by atoms with Gasteiger partial charge in [0.15, 0.2) is 10.1 Å². The Labute approximate surface area is 89.7 Å². The molecule has 0 radical (unpaired) electrons. The Hall–Kier alpha value is -0.340. The summed E-state index contributed by atoms with van der Waals surface area (Å²) < 4.78 is 5.35. The molecule has 0 aromatic carbocycles. The van der Waals surface area contributed by atoms with Gasteiger partial charge < -0.3 is 4.74 Å². The first-order chi connectivity index (χ1) is 5.83. The van der Waals surface area contributed by atoms with Crippen LogP contribution in [0, 0.1) is 24.7 Å². The predicted molar refractivity (Wildman–Crippen MR) is 56.5 cm³/mol. The molecule has 0 aliphatic heterocycles. The number of hydrogen-bond donors (Lipinski definition) is 0. The molecule has 0 saturated carbocycles. The fourth-order valence-corrected chi connectivity index (χ4v) is 1.41. The van der Waals surface area contributed by atoms with E-state index in [0.717, 1.165) is 0 Å². The predicted octanol–water partition coefficient (Wildman–Crippen LogP) is 2.96. The smallest absolute Gasteiger partial charge is 0.152 e. The Kier molecular flexibility index (Phi) is 4.65. The average Bonchev–Trinajstić information content (AvgIpc) is 1.82. The SMILES string of the molecule is C#CCC(C)(Cl)OC(C)(Cl)CC#C. The van der Waals surface area contributed by atoms with E-state index in [1.165, 1.54) is 0 Å². The summed E-state index contributed by atoms with van der Waals surface area (Å²) in [6, 6.07) is 0. The lowest BCUT2D eigenvalue weighted by Gasteiger charge is -2.30. The van der Waals surface area contributed by atoms with E-state index in [2.05, 4.69) is 11.8 Å². The summed E-state index contributed by atoms with van der Waals surface area (Å²) >= 11 is 11.9. The molecule has 72 valence electrons. The Morgan fingerprint density at radius 2 is 1.38 bits per heavy atom. The third kappa shape index (κ3) is 5.83. The molecule has 13 heavy (non-hydrogen) atoms. The lowest BCUT2D eigenvalue weighted by Crippen LogP contribution is -2.32. The van der Waals surface area contributed by atoms with Crippen LogP contribution in [0.15, 0.2) is 0 Å². The van der Waals surface area contributed by atoms with Gasteiger partial charge in [-0.05, 0) is 13.8 Å². The maximum absolute atomic E-state index is 5.94. The zero-order valence-corrected chi connectivity index (χ0v) is 9.24. The van der Waals surface area contributed by atoms with Gasteiger partial charge in [-0.25, -0.2) is 0 Å². The fraction of sp³-hybridized carbons (Fsp3) is 0.600. The van der Waals surface area contributed by atoms with E-state index in [0.29, 0.717) is 0 Å². The standard InChI is InChI=1S/C10H12Cl2O/c1-5-7-9(3,11)13-10(4,12)8-6-2/h1-2H,7-8H2,3-4H3. The highest BCUT2D eigenvalue weighted by atomic mass is 35.5. The largest absolute Gasteiger partial charge is 0.337 e. The highest BCUT2D eigenvalue weighted by Gasteiger charge is 2.31. The number of hydrogen-bond acceptors (Lipinski definition) is 1. The van der Waals surface area contributed by atoms with Crippen LogP contribution >= 0.6 is 23.2 Å². The van der Waals surface area contributed by atoms with Crippen LogP contribution in [-0.2, 0) is 4.74 Å². The lowest BCUT2D eigenvalue weighted by molar-refractivity contribution is -0.0413. The number of ether oxygens (including phenoxy) is 1. The van der Waals surface area contributed by atoms with Gasteiger partial charge in [-0.15, -0.1) is 24.7 Å². The maximum Gasteiger partial charge on any atom is 0.152 e. The van der Waals surface area contributed by atoms with Gasteiger partial charge in [-0.2, -0.15) is 0 Å². The van der Waals surface area contributed by atoms with E-state index in [1.807, 2.05) is 0 Å². The molecule has 0 aromatic rings. The second-order valence-corrected chi connectivity index (χ2v) is 4.67. The summed E-state index contributed by atoms with van der Waals surface area (Å²) in [5, 5.41) is -1.91. The van der Waals surface area contributed by atoms with Crippen LogP contribution in [0.5, 0.6) is 0 Å². The van der Waals surface area contributed by atoms with Gasteiger partial charge in [0, 0.05) is 0 Å². The summed E-state index contributed by atoms with van der Waals surface area (Å²) in [4.78, 5) is 0. The molecule has 0 bridgehead atoms. The molecule has 0 N–H and O–H groups in total. The second-order valence-electron chi connectivity index (χ2n) is 3.07. The average molecular weight is 219 g/mol. The molecule has 3 heteroatoms. The van der Waals surface area contributed by atoms with Gasteiger partial charge in [0.1, 0.15) is 0 Å². The van der Waals surface area contributed by atoms with Crippen molar-refractivity contribution < 1.29 is 4.74 Å². The summed E-state index contributed by atoms with van der Waals surface area (Å²) in [5.41, 5.74) is 0. The van der Waals surface area contributed by atoms with Gasteiger partial charge in [0.2, 0.25) is 0 Å². The molecule has 1 nitrogen and oxygen atoms in total. The zero-order chi connectivity index (χ0) is 10.5. The van der Waals surface area contributed by atoms with Gasteiger partial charge >= 0.3 is 0 Å². The molecule has 0 saturated heterocycles. The number of alkyl halides is 2. The third-order valence-electron chi connectivity index (χ3n) is 1.26. The Morgan fingerprint density at radius 1 is 1.08 bits per heavy atom. The van der Waals surface area contributed by atoms with Gasteiger partial charge in [-0.1, -0.05) is 23.2 Å². The molecule has 2 atom stereocenters. The van der Waals surface area contributed by atoms with E-state index in [9.17, 15) is 0 Å². The highest BCUT2D eigenvalue weighted by Crippen LogP contribution is 2.31. The first-order valence-electron chi connectivity index (χ1n) is 3.78. The molecule has 0 aliphatic carbocycles. The van der Waals surface area contributed by atoms with Gasteiger partial charge in [-0.3, -0.25) is 0 Å². The van der Waals surface area contributed by atoms with Crippen LogP contribution in [0.2, 0.25) is 0 Å². The Balaban J connectivity index is 4.27. The molecular weight excluding hydrogens is 207 g/mol. The topological polar surface area (TPSA) is 9.23 Å². The molecule has 0 aromatic heterocycles. The monoisotopic (exact) mass is 218 g/mol. The molecule has 0 amide bonds. The minimum atomic E-state index is -0.956. The van der Waals surface area contributed by atoms with Gasteiger partial charge in [0.05, 0.1) is 12.8 Å². The highest BCUT2D eigenvalue weighted by molar-refractivity contribution is 6.25. The molecule has 0 spiro atoms. The van der Waals surface area contributed by atoms with Crippen LogP contribution in [0.4, 0.5) is 0 Å². The van der Waals surface area contributed by atoms with Crippen molar-refractivity contribution in [3.05, 3.63) is 0 Å². The van der Waals surface area contributed by atoms with Crippen LogP contribution in [0.25, 0.3) is 0 Å². The van der Waals surface area contributed by atoms with E-state index >= 15 is 0 Å². The van der Waals surface area contributed by atoms with E-state index < -0.39 is 10.1 Å². The number of halogens is 2. The lowest BCUT2D eigenvalue weighted by atomic mass is 10.2. The quantitative estimate of drug-likeness (QED) is 0.521. The summed E-state index contributed by atoms with van der Waals surface area (Å²) in [6.45, 7) is 3.32. The molecular formula is C10H12Cl2O. The van der Waals surface area contributed by atoms with Crippen LogP contribution in [-0.4, -0.2) is 10.1 Å². The Bertz CT molecular complexity index is 217. The van der Waals surface area contributed by atoms with E-state index in [1.54, 1.807) is 13.8 Å². The van der Waals surface area contributed by atoms with Crippen LogP contribution in [0.3, 0.4) is 0 Å². The van der Waals surface area contributed by atoms with E-state index in [-0.39, 0.29) is 12.8 Å². The number of terminal acetylenes is 2. The normalized spacial score (nSPS) is 19.2. The minimum absolute atomic E-state index is 0.279. The minimum Gasteiger partial charge on any atom is -0.337 e. The molecule has 2 unspecified atom stereocenters. The van der Waals surface area contributed by atoms with Crippen molar-refractivity contribution in [1.29, 1.82) is 0 Å². The van der Waals surface area contributed by atoms with Crippen molar-refractivity contribution in [3.8, 4) is 24.7 Å². The number of rotatable bonds is 4. The second kappa shape index (κ2) is 4.77. The first kappa shape index (κ1) is 12.7. The molecule has 0 fully saturated rings. The van der Waals surface area contributed by atoms with Crippen molar-refractivity contribution in [2.24, 2.45) is 0 Å². The van der Waals surface area contributed by atoms with Crippen molar-refractivity contribution >= 4 is 23.2 Å². The third-order valence-corrected chi connectivity index (χ3v) is 1.68. The van der Waals surface area contributed by atoms with Crippen molar-refractivity contribution in [1.82, 2.24) is 0 Å². The van der Waals surface area contributed by atoms with Crippen molar-refractivity contribution in [2.75, 3.05) is 0 Å². The Morgan fingerprint density at radius 3 is 1.62 bits per heavy atom. The van der Waals surface area contributed by atoms with Crippen molar-refractivity contribution in [2.45, 2.75) is 36.8 Å². The first-order valence-corrected chi connectivity index (χ1v) is 4.53. The summed E-state index contributed by atoms with van der Waals surface area (Å²) in [5.74, 6) is 4.81. The van der Waals surface area contributed by atoms with Gasteiger partial charge in [0.25, 0.3) is 0 Å². The molecule has 0 aliphatic rings. The maximum atomic E-state index is 5.94. The zero-order valence-electron chi connectivity index (χ0n) is 7.73. The fourth-order valence-electron chi connectivity index (χ4n) is 0.880.